The number of ether oxygens (including phenoxy) is 1. The fraction of sp³-hybridized carbons (Fsp3) is 0.652. The Labute approximate surface area is 166 Å². The van der Waals surface area contributed by atoms with Crippen molar-refractivity contribution >= 4 is 12.0 Å². The van der Waals surface area contributed by atoms with Crippen molar-refractivity contribution in [2.24, 2.45) is 11.3 Å². The number of nitrogens with one attached hydrogen (secondary N) is 1. The van der Waals surface area contributed by atoms with Crippen molar-refractivity contribution in [1.29, 1.82) is 0 Å². The van der Waals surface area contributed by atoms with Crippen LogP contribution in [0.1, 0.15) is 63.5 Å². The Morgan fingerprint density at radius 3 is 2.50 bits per heavy atom. The molecule has 2 saturated carbocycles. The van der Waals surface area contributed by atoms with Crippen molar-refractivity contribution in [3.63, 3.8) is 0 Å². The van der Waals surface area contributed by atoms with Crippen molar-refractivity contribution < 1.29 is 14.3 Å². The number of cyclic esters (lactones) is 1. The third kappa shape index (κ3) is 2.82. The molecule has 0 radical (unpaired) electrons. The molecule has 0 aromatic heterocycles. The fourth-order valence-corrected chi connectivity index (χ4v) is 5.69. The van der Waals surface area contributed by atoms with E-state index in [1.54, 1.807) is 0 Å². The molecule has 5 rings (SSSR count). The molecule has 2 aliphatic carbocycles. The molecular formula is C23H30N2O3. The highest BCUT2D eigenvalue weighted by Gasteiger charge is 2.58. The summed E-state index contributed by atoms with van der Waals surface area (Å²) < 4.78 is 5.01. The van der Waals surface area contributed by atoms with Gasteiger partial charge in [0.1, 0.15) is 6.61 Å². The molecule has 1 N–H and O–H groups in total. The van der Waals surface area contributed by atoms with Crippen molar-refractivity contribution in [3.8, 4) is 0 Å². The molecule has 2 aliphatic heterocycles. The Morgan fingerprint density at radius 2 is 1.89 bits per heavy atom. The van der Waals surface area contributed by atoms with Gasteiger partial charge in [-0.2, -0.15) is 0 Å². The molecule has 5 heteroatoms. The van der Waals surface area contributed by atoms with Crippen LogP contribution in [0.3, 0.4) is 0 Å². The molecule has 0 unspecified atom stereocenters. The SMILES string of the molecule is CC(C)(C)c1cccc(C2CC3(C2)CN(C(=O)C2CC4(COC(=O)N4)C2)C3)c1. The first-order chi connectivity index (χ1) is 13.2. The van der Waals surface area contributed by atoms with Gasteiger partial charge in [0, 0.05) is 24.4 Å². The average Bonchev–Trinajstić information content (AvgIpc) is 2.92. The lowest BCUT2D eigenvalue weighted by atomic mass is 9.55. The van der Waals surface area contributed by atoms with Gasteiger partial charge in [0.25, 0.3) is 0 Å². The minimum atomic E-state index is -0.343. The van der Waals surface area contributed by atoms with E-state index >= 15 is 0 Å². The number of alkyl carbamates (subject to hydrolysis) is 1. The van der Waals surface area contributed by atoms with E-state index in [0.29, 0.717) is 17.9 Å². The topological polar surface area (TPSA) is 58.6 Å². The summed E-state index contributed by atoms with van der Waals surface area (Å²) in [4.78, 5) is 26.0. The molecule has 2 saturated heterocycles. The maximum absolute atomic E-state index is 12.7. The first-order valence-corrected chi connectivity index (χ1v) is 10.5. The third-order valence-corrected chi connectivity index (χ3v) is 7.42. The second-order valence-corrected chi connectivity index (χ2v) is 10.8. The first-order valence-electron chi connectivity index (χ1n) is 10.5. The lowest BCUT2D eigenvalue weighted by Gasteiger charge is -2.60. The van der Waals surface area contributed by atoms with Gasteiger partial charge in [-0.15, -0.1) is 0 Å². The number of nitrogens with zero attached hydrogens (tertiary/aromatic N) is 1. The summed E-state index contributed by atoms with van der Waals surface area (Å²) in [7, 11) is 0. The van der Waals surface area contributed by atoms with Crippen molar-refractivity contribution in [1.82, 2.24) is 10.2 Å². The van der Waals surface area contributed by atoms with Crippen LogP contribution in [0.2, 0.25) is 0 Å². The largest absolute Gasteiger partial charge is 0.447 e. The predicted molar refractivity (Wildman–Crippen MR) is 106 cm³/mol. The summed E-state index contributed by atoms with van der Waals surface area (Å²) in [5.41, 5.74) is 3.13. The fourth-order valence-electron chi connectivity index (χ4n) is 5.69. The second kappa shape index (κ2) is 5.74. The molecule has 150 valence electrons. The van der Waals surface area contributed by atoms with E-state index in [1.165, 1.54) is 24.0 Å². The maximum atomic E-state index is 12.7. The van der Waals surface area contributed by atoms with Gasteiger partial charge in [-0.05, 0) is 48.1 Å². The van der Waals surface area contributed by atoms with Crippen LogP contribution in [0.4, 0.5) is 4.79 Å². The minimum absolute atomic E-state index is 0.0543. The molecule has 5 nitrogen and oxygen atoms in total. The standard InChI is InChI=1S/C23H30N2O3/c1-21(2,3)18-6-4-5-15(7-18)16-8-22(9-16)12-25(13-22)19(26)17-10-23(11-17)14-28-20(27)24-23/h4-7,16-17H,8-14H2,1-3H3,(H,24,27). The normalized spacial score (nSPS) is 27.6. The average molecular weight is 383 g/mol. The Balaban J connectivity index is 1.13. The van der Waals surface area contributed by atoms with Crippen LogP contribution in [-0.2, 0) is 14.9 Å². The molecular weight excluding hydrogens is 352 g/mol. The van der Waals surface area contributed by atoms with Crippen molar-refractivity contribution in [2.45, 2.75) is 63.3 Å². The molecule has 0 bridgehead atoms. The van der Waals surface area contributed by atoms with Crippen LogP contribution in [0.25, 0.3) is 0 Å². The summed E-state index contributed by atoms with van der Waals surface area (Å²) in [5, 5.41) is 2.87. The Bertz CT molecular complexity index is 820. The van der Waals surface area contributed by atoms with E-state index in [9.17, 15) is 9.59 Å². The molecule has 4 aliphatic rings. The quantitative estimate of drug-likeness (QED) is 0.851. The highest BCUT2D eigenvalue weighted by atomic mass is 16.6. The number of hydrogen-bond acceptors (Lipinski definition) is 3. The summed E-state index contributed by atoms with van der Waals surface area (Å²) in [5.74, 6) is 0.964. The first kappa shape index (κ1) is 18.0. The smallest absolute Gasteiger partial charge is 0.407 e. The Kier molecular flexibility index (Phi) is 3.69. The number of carbonyl (C=O) groups excluding carboxylic acids is 2. The Morgan fingerprint density at radius 1 is 1.18 bits per heavy atom. The lowest BCUT2D eigenvalue weighted by molar-refractivity contribution is -0.161. The summed E-state index contributed by atoms with van der Waals surface area (Å²) in [6.45, 7) is 9.02. The molecule has 1 aromatic rings. The molecule has 1 aromatic carbocycles. The van der Waals surface area contributed by atoms with Gasteiger partial charge in [0.15, 0.2) is 0 Å². The minimum Gasteiger partial charge on any atom is -0.447 e. The molecule has 2 amide bonds. The third-order valence-electron chi connectivity index (χ3n) is 7.42. The van der Waals surface area contributed by atoms with Crippen molar-refractivity contribution in [2.75, 3.05) is 19.7 Å². The van der Waals surface area contributed by atoms with E-state index in [4.69, 9.17) is 4.74 Å². The van der Waals surface area contributed by atoms with Crippen LogP contribution in [0.15, 0.2) is 24.3 Å². The molecule has 4 fully saturated rings. The van der Waals surface area contributed by atoms with Gasteiger partial charge < -0.3 is 15.0 Å². The molecule has 28 heavy (non-hydrogen) atoms. The van der Waals surface area contributed by atoms with Crippen molar-refractivity contribution in [3.05, 3.63) is 35.4 Å². The van der Waals surface area contributed by atoms with Gasteiger partial charge in [-0.25, -0.2) is 4.79 Å². The highest BCUT2D eigenvalue weighted by molar-refractivity contribution is 5.82. The monoisotopic (exact) mass is 382 g/mol. The summed E-state index contributed by atoms with van der Waals surface area (Å²) in [6.07, 6.45) is 3.50. The van der Waals surface area contributed by atoms with Gasteiger partial charge in [0.2, 0.25) is 5.91 Å². The van der Waals surface area contributed by atoms with Crippen LogP contribution < -0.4 is 5.32 Å². The van der Waals surface area contributed by atoms with E-state index in [0.717, 1.165) is 25.9 Å². The molecule has 2 heterocycles. The lowest BCUT2D eigenvalue weighted by Crippen LogP contribution is -2.66. The van der Waals surface area contributed by atoms with Gasteiger partial charge in [-0.3, -0.25) is 4.79 Å². The number of benzene rings is 1. The van der Waals surface area contributed by atoms with E-state index < -0.39 is 0 Å². The van der Waals surface area contributed by atoms with Gasteiger partial charge in [0.05, 0.1) is 5.54 Å². The van der Waals surface area contributed by atoms with Crippen LogP contribution in [0.5, 0.6) is 0 Å². The maximum Gasteiger partial charge on any atom is 0.407 e. The highest BCUT2D eigenvalue weighted by Crippen LogP contribution is 2.57. The van der Waals surface area contributed by atoms with E-state index in [2.05, 4.69) is 50.4 Å². The van der Waals surface area contributed by atoms with Crippen LogP contribution in [0, 0.1) is 11.3 Å². The number of rotatable bonds is 2. The van der Waals surface area contributed by atoms with Gasteiger partial charge >= 0.3 is 6.09 Å². The zero-order chi connectivity index (χ0) is 19.7. The number of likely N-dealkylation sites (tertiary alicyclic amines) is 1. The summed E-state index contributed by atoms with van der Waals surface area (Å²) in [6, 6.07) is 9.06. The van der Waals surface area contributed by atoms with Crippen LogP contribution in [-0.4, -0.2) is 42.1 Å². The van der Waals surface area contributed by atoms with E-state index in [-0.39, 0.29) is 28.9 Å². The zero-order valence-electron chi connectivity index (χ0n) is 17.1. The second-order valence-electron chi connectivity index (χ2n) is 10.8. The number of carbonyl (C=O) groups is 2. The van der Waals surface area contributed by atoms with Crippen LogP contribution >= 0.6 is 0 Å². The summed E-state index contributed by atoms with van der Waals surface area (Å²) >= 11 is 0. The Hall–Kier alpha value is -2.04. The van der Waals surface area contributed by atoms with E-state index in [1.807, 2.05) is 4.90 Å². The zero-order valence-corrected chi connectivity index (χ0v) is 17.1. The molecule has 2 spiro atoms. The number of amides is 2. The molecule has 0 atom stereocenters. The predicted octanol–water partition coefficient (Wildman–Crippen LogP) is 3.58. The van der Waals surface area contributed by atoms with Gasteiger partial charge in [-0.1, -0.05) is 45.0 Å². The number of hydrogen-bond donors (Lipinski definition) is 1.